The van der Waals surface area contributed by atoms with E-state index in [2.05, 4.69) is 4.72 Å². The summed E-state index contributed by atoms with van der Waals surface area (Å²) < 4.78 is 39.5. The molecule has 0 spiro atoms. The highest BCUT2D eigenvalue weighted by molar-refractivity contribution is 7.89. The summed E-state index contributed by atoms with van der Waals surface area (Å²) in [5, 5.41) is 8.98. The highest BCUT2D eigenvalue weighted by Gasteiger charge is 2.18. The van der Waals surface area contributed by atoms with Crippen LogP contribution in [0.3, 0.4) is 0 Å². The lowest BCUT2D eigenvalue weighted by Gasteiger charge is -2.09. The van der Waals surface area contributed by atoms with E-state index in [-0.39, 0.29) is 24.1 Å². The van der Waals surface area contributed by atoms with Crippen LogP contribution < -0.4 is 4.72 Å². The number of nitrogens with one attached hydrogen (secondary N) is 1. The fraction of sp³-hybridized carbons (Fsp3) is 0.500. The molecule has 4 nitrogen and oxygen atoms in total. The number of aliphatic hydroxyl groups is 1. The number of halogens is 2. The van der Waals surface area contributed by atoms with Crippen molar-refractivity contribution in [2.45, 2.75) is 24.7 Å². The molecule has 0 radical (unpaired) electrons. The van der Waals surface area contributed by atoms with Gasteiger partial charge in [-0.1, -0.05) is 18.5 Å². The first kappa shape index (κ1) is 16.4. The lowest BCUT2D eigenvalue weighted by atomic mass is 10.1. The zero-order valence-corrected chi connectivity index (χ0v) is 12.1. The Balaban J connectivity index is 2.61. The third-order valence-corrected chi connectivity index (χ3v) is 4.39. The van der Waals surface area contributed by atoms with Gasteiger partial charge in [0.25, 0.3) is 0 Å². The van der Waals surface area contributed by atoms with Crippen molar-refractivity contribution >= 4 is 21.6 Å². The molecule has 0 heterocycles. The number of benzene rings is 1. The van der Waals surface area contributed by atoms with Gasteiger partial charge in [-0.3, -0.25) is 0 Å². The van der Waals surface area contributed by atoms with Gasteiger partial charge in [0.15, 0.2) is 0 Å². The highest BCUT2D eigenvalue weighted by Crippen LogP contribution is 2.18. The van der Waals surface area contributed by atoms with Gasteiger partial charge >= 0.3 is 0 Å². The van der Waals surface area contributed by atoms with Crippen molar-refractivity contribution in [2.24, 2.45) is 5.92 Å². The molecule has 0 aliphatic heterocycles. The summed E-state index contributed by atoms with van der Waals surface area (Å²) in [5.74, 6) is -0.750. The molecule has 1 aromatic carbocycles. The fourth-order valence-electron chi connectivity index (χ4n) is 1.52. The van der Waals surface area contributed by atoms with E-state index in [0.717, 1.165) is 12.1 Å². The van der Waals surface area contributed by atoms with Crippen molar-refractivity contribution in [2.75, 3.05) is 13.2 Å². The lowest BCUT2D eigenvalue weighted by molar-refractivity contribution is 0.228. The van der Waals surface area contributed by atoms with E-state index in [1.807, 2.05) is 6.92 Å². The van der Waals surface area contributed by atoms with Crippen LogP contribution in [0.2, 0.25) is 5.02 Å². The predicted octanol–water partition coefficient (Wildman–Crippen LogP) is 2.17. The number of aliphatic hydroxyl groups excluding tert-OH is 1. The zero-order chi connectivity index (χ0) is 14.5. The minimum atomic E-state index is -3.86. The standard InChI is InChI=1S/C12H17ClFNO3S/c1-9(8-16)3-2-6-15-19(17,18)12-5-4-10(13)7-11(12)14/h4-5,7,9,15-16H,2-3,6,8H2,1H3. The molecule has 108 valence electrons. The molecule has 0 aliphatic carbocycles. The van der Waals surface area contributed by atoms with Gasteiger partial charge in [-0.25, -0.2) is 17.5 Å². The largest absolute Gasteiger partial charge is 0.396 e. The monoisotopic (exact) mass is 309 g/mol. The molecule has 0 saturated heterocycles. The Hall–Kier alpha value is -0.690. The van der Waals surface area contributed by atoms with E-state index >= 15 is 0 Å². The maximum absolute atomic E-state index is 13.5. The molecule has 1 atom stereocenters. The van der Waals surface area contributed by atoms with Crippen LogP contribution in [0.5, 0.6) is 0 Å². The Morgan fingerprint density at radius 1 is 1.47 bits per heavy atom. The maximum atomic E-state index is 13.5. The van der Waals surface area contributed by atoms with Crippen LogP contribution in [0.25, 0.3) is 0 Å². The van der Waals surface area contributed by atoms with E-state index in [1.54, 1.807) is 0 Å². The summed E-state index contributed by atoms with van der Waals surface area (Å²) in [5.41, 5.74) is 0. The van der Waals surface area contributed by atoms with Crippen molar-refractivity contribution in [1.29, 1.82) is 0 Å². The Kier molecular flexibility index (Phi) is 6.19. The van der Waals surface area contributed by atoms with E-state index in [0.29, 0.717) is 12.8 Å². The van der Waals surface area contributed by atoms with Crippen molar-refractivity contribution < 1.29 is 17.9 Å². The highest BCUT2D eigenvalue weighted by atomic mass is 35.5. The normalized spacial score (nSPS) is 13.5. The third kappa shape index (κ3) is 5.06. The minimum absolute atomic E-state index is 0.0680. The van der Waals surface area contributed by atoms with Gasteiger partial charge in [0.05, 0.1) is 0 Å². The summed E-state index contributed by atoms with van der Waals surface area (Å²) in [6.45, 7) is 2.14. The summed E-state index contributed by atoms with van der Waals surface area (Å²) in [4.78, 5) is -0.410. The number of hydrogen-bond acceptors (Lipinski definition) is 3. The van der Waals surface area contributed by atoms with Crippen molar-refractivity contribution in [3.8, 4) is 0 Å². The summed E-state index contributed by atoms with van der Waals surface area (Å²) in [6.07, 6.45) is 1.28. The molecule has 7 heteroatoms. The third-order valence-electron chi connectivity index (χ3n) is 2.66. The van der Waals surface area contributed by atoms with Gasteiger partial charge in [-0.05, 0) is 37.0 Å². The van der Waals surface area contributed by atoms with Crippen LogP contribution in [0, 0.1) is 11.7 Å². The minimum Gasteiger partial charge on any atom is -0.396 e. The summed E-state index contributed by atoms with van der Waals surface area (Å²) in [6, 6.07) is 3.42. The van der Waals surface area contributed by atoms with Gasteiger partial charge < -0.3 is 5.11 Å². The van der Waals surface area contributed by atoms with E-state index < -0.39 is 20.7 Å². The topological polar surface area (TPSA) is 66.4 Å². The van der Waals surface area contributed by atoms with Crippen LogP contribution in [-0.2, 0) is 10.0 Å². The molecular formula is C12H17ClFNO3S. The van der Waals surface area contributed by atoms with E-state index in [1.165, 1.54) is 6.07 Å². The number of rotatable bonds is 7. The van der Waals surface area contributed by atoms with Crippen molar-refractivity contribution in [1.82, 2.24) is 4.72 Å². The Morgan fingerprint density at radius 2 is 2.16 bits per heavy atom. The maximum Gasteiger partial charge on any atom is 0.243 e. The second-order valence-electron chi connectivity index (χ2n) is 4.40. The second kappa shape index (κ2) is 7.19. The van der Waals surface area contributed by atoms with Crippen molar-refractivity contribution in [3.63, 3.8) is 0 Å². The first-order valence-electron chi connectivity index (χ1n) is 5.92. The summed E-state index contributed by atoms with van der Waals surface area (Å²) in [7, 11) is -3.86. The van der Waals surface area contributed by atoms with E-state index in [4.69, 9.17) is 16.7 Å². The summed E-state index contributed by atoms with van der Waals surface area (Å²) >= 11 is 5.57. The zero-order valence-electron chi connectivity index (χ0n) is 10.6. The molecule has 0 fully saturated rings. The van der Waals surface area contributed by atoms with Crippen LogP contribution in [0.4, 0.5) is 4.39 Å². The Morgan fingerprint density at radius 3 is 2.74 bits per heavy atom. The SMILES string of the molecule is CC(CO)CCCNS(=O)(=O)c1ccc(Cl)cc1F. The van der Waals surface area contributed by atoms with Gasteiger partial charge in [0, 0.05) is 18.2 Å². The molecule has 0 amide bonds. The molecule has 0 saturated carbocycles. The van der Waals surface area contributed by atoms with Crippen LogP contribution >= 0.6 is 11.6 Å². The molecule has 1 rings (SSSR count). The molecule has 2 N–H and O–H groups in total. The first-order valence-corrected chi connectivity index (χ1v) is 7.78. The predicted molar refractivity (Wildman–Crippen MR) is 72.1 cm³/mol. The molecule has 0 bridgehead atoms. The molecular weight excluding hydrogens is 293 g/mol. The average molecular weight is 310 g/mol. The molecule has 0 aromatic heterocycles. The Labute approximate surface area is 117 Å². The lowest BCUT2D eigenvalue weighted by Crippen LogP contribution is -2.26. The van der Waals surface area contributed by atoms with Crippen LogP contribution in [0.15, 0.2) is 23.1 Å². The number of hydrogen-bond donors (Lipinski definition) is 2. The molecule has 0 aliphatic rings. The smallest absolute Gasteiger partial charge is 0.243 e. The molecule has 1 aromatic rings. The number of sulfonamides is 1. The van der Waals surface area contributed by atoms with Gasteiger partial charge in [-0.15, -0.1) is 0 Å². The second-order valence-corrected chi connectivity index (χ2v) is 6.57. The van der Waals surface area contributed by atoms with E-state index in [9.17, 15) is 12.8 Å². The van der Waals surface area contributed by atoms with Crippen LogP contribution in [-0.4, -0.2) is 26.7 Å². The first-order chi connectivity index (χ1) is 8.86. The average Bonchev–Trinajstić information content (AvgIpc) is 2.33. The fourth-order valence-corrected chi connectivity index (χ4v) is 2.81. The molecule has 1 unspecified atom stereocenters. The Bertz CT molecular complexity index is 522. The van der Waals surface area contributed by atoms with Crippen LogP contribution in [0.1, 0.15) is 19.8 Å². The van der Waals surface area contributed by atoms with Gasteiger partial charge in [0.1, 0.15) is 10.7 Å². The van der Waals surface area contributed by atoms with Gasteiger partial charge in [0.2, 0.25) is 10.0 Å². The quantitative estimate of drug-likeness (QED) is 0.759. The van der Waals surface area contributed by atoms with Crippen molar-refractivity contribution in [3.05, 3.63) is 29.0 Å². The van der Waals surface area contributed by atoms with Gasteiger partial charge in [-0.2, -0.15) is 0 Å². The molecule has 19 heavy (non-hydrogen) atoms.